The van der Waals surface area contributed by atoms with Crippen molar-refractivity contribution in [2.24, 2.45) is 0 Å². The molecule has 0 aromatic carbocycles. The molecule has 0 bridgehead atoms. The monoisotopic (exact) mass is 283 g/mol. The Labute approximate surface area is 122 Å². The van der Waals surface area contributed by atoms with Crippen molar-refractivity contribution in [3.05, 3.63) is 18.0 Å². The zero-order valence-electron chi connectivity index (χ0n) is 12.9. The number of hydrogen-bond donors (Lipinski definition) is 1. The fourth-order valence-corrected chi connectivity index (χ4v) is 2.94. The second-order valence-electron chi connectivity index (χ2n) is 5.11. The smallest absolute Gasteiger partial charge is 0.0522 e. The summed E-state index contributed by atoms with van der Waals surface area (Å²) < 4.78 is 2.01. The van der Waals surface area contributed by atoms with E-state index in [2.05, 4.69) is 56.1 Å². The van der Waals surface area contributed by atoms with Gasteiger partial charge in [-0.25, -0.2) is 0 Å². The lowest BCUT2D eigenvalue weighted by Gasteiger charge is -2.19. The summed E-state index contributed by atoms with van der Waals surface area (Å²) in [5.41, 5.74) is 1.35. The summed E-state index contributed by atoms with van der Waals surface area (Å²) in [6.45, 7) is 11.0. The lowest BCUT2D eigenvalue weighted by molar-refractivity contribution is 0.549. The van der Waals surface area contributed by atoms with Crippen molar-refractivity contribution in [1.29, 1.82) is 0 Å². The van der Waals surface area contributed by atoms with Crippen LogP contribution in [0.2, 0.25) is 0 Å². The molecule has 0 amide bonds. The van der Waals surface area contributed by atoms with Crippen LogP contribution in [0.15, 0.2) is 12.4 Å². The molecule has 1 rings (SSSR count). The standard InChI is InChI=1S/C15H29N3S/c1-5-8-16-15(12-19-13(4)6-2)9-14-10-17-18(7-3)11-14/h10-11,13,15-16H,5-9,12H2,1-4H3. The average molecular weight is 283 g/mol. The summed E-state index contributed by atoms with van der Waals surface area (Å²) in [6, 6.07) is 0.563. The summed E-state index contributed by atoms with van der Waals surface area (Å²) in [4.78, 5) is 0. The Kier molecular flexibility index (Phi) is 8.22. The van der Waals surface area contributed by atoms with Gasteiger partial charge in [-0.15, -0.1) is 0 Å². The lowest BCUT2D eigenvalue weighted by Crippen LogP contribution is -2.34. The Bertz CT molecular complexity index is 338. The van der Waals surface area contributed by atoms with E-state index in [1.54, 1.807) is 0 Å². The lowest BCUT2D eigenvalue weighted by atomic mass is 10.1. The van der Waals surface area contributed by atoms with Crippen molar-refractivity contribution in [3.63, 3.8) is 0 Å². The number of nitrogens with zero attached hydrogens (tertiary/aromatic N) is 2. The molecule has 110 valence electrons. The topological polar surface area (TPSA) is 29.9 Å². The average Bonchev–Trinajstić information content (AvgIpc) is 2.89. The van der Waals surface area contributed by atoms with E-state index in [9.17, 15) is 0 Å². The SMILES string of the molecule is CCCNC(CSC(C)CC)Cc1cnn(CC)c1. The molecule has 1 aromatic heterocycles. The van der Waals surface area contributed by atoms with Crippen molar-refractivity contribution in [2.45, 2.75) is 64.8 Å². The summed E-state index contributed by atoms with van der Waals surface area (Å²) >= 11 is 2.08. The highest BCUT2D eigenvalue weighted by atomic mass is 32.2. The van der Waals surface area contributed by atoms with E-state index >= 15 is 0 Å². The van der Waals surface area contributed by atoms with Crippen LogP contribution in [0.1, 0.15) is 46.1 Å². The molecule has 4 heteroatoms. The van der Waals surface area contributed by atoms with Gasteiger partial charge in [0.1, 0.15) is 0 Å². The summed E-state index contributed by atoms with van der Waals surface area (Å²) in [5.74, 6) is 1.19. The number of rotatable bonds is 10. The predicted molar refractivity (Wildman–Crippen MR) is 85.9 cm³/mol. The van der Waals surface area contributed by atoms with Gasteiger partial charge in [-0.3, -0.25) is 4.68 Å². The highest BCUT2D eigenvalue weighted by Gasteiger charge is 2.12. The number of nitrogens with one attached hydrogen (secondary N) is 1. The van der Waals surface area contributed by atoms with E-state index in [4.69, 9.17) is 0 Å². The molecule has 2 atom stereocenters. The van der Waals surface area contributed by atoms with E-state index in [1.165, 1.54) is 24.2 Å². The van der Waals surface area contributed by atoms with Gasteiger partial charge in [-0.05, 0) is 38.3 Å². The van der Waals surface area contributed by atoms with Crippen LogP contribution in [-0.4, -0.2) is 33.4 Å². The van der Waals surface area contributed by atoms with Gasteiger partial charge in [0.2, 0.25) is 0 Å². The molecule has 0 saturated heterocycles. The molecule has 2 unspecified atom stereocenters. The van der Waals surface area contributed by atoms with Crippen LogP contribution < -0.4 is 5.32 Å². The maximum Gasteiger partial charge on any atom is 0.0522 e. The quantitative estimate of drug-likeness (QED) is 0.714. The third-order valence-corrected chi connectivity index (χ3v) is 4.83. The molecule has 0 aliphatic carbocycles. The minimum absolute atomic E-state index is 0.563. The molecular formula is C15H29N3S. The molecule has 0 radical (unpaired) electrons. The molecular weight excluding hydrogens is 254 g/mol. The Morgan fingerprint density at radius 2 is 2.16 bits per heavy atom. The number of aromatic nitrogens is 2. The van der Waals surface area contributed by atoms with E-state index in [-0.39, 0.29) is 0 Å². The Balaban J connectivity index is 2.47. The first-order valence-electron chi connectivity index (χ1n) is 7.55. The zero-order chi connectivity index (χ0) is 14.1. The maximum absolute atomic E-state index is 4.36. The summed E-state index contributed by atoms with van der Waals surface area (Å²) in [5, 5.41) is 8.78. The second kappa shape index (κ2) is 9.43. The van der Waals surface area contributed by atoms with Crippen LogP contribution in [0, 0.1) is 0 Å². The predicted octanol–water partition coefficient (Wildman–Crippen LogP) is 3.35. The molecule has 19 heavy (non-hydrogen) atoms. The van der Waals surface area contributed by atoms with Crippen molar-refractivity contribution < 1.29 is 0 Å². The van der Waals surface area contributed by atoms with Gasteiger partial charge in [-0.1, -0.05) is 20.8 Å². The third kappa shape index (κ3) is 6.48. The van der Waals surface area contributed by atoms with Crippen molar-refractivity contribution >= 4 is 11.8 Å². The minimum atomic E-state index is 0.563. The Morgan fingerprint density at radius 1 is 1.37 bits per heavy atom. The van der Waals surface area contributed by atoms with Gasteiger partial charge >= 0.3 is 0 Å². The van der Waals surface area contributed by atoms with E-state index < -0.39 is 0 Å². The van der Waals surface area contributed by atoms with Crippen LogP contribution >= 0.6 is 11.8 Å². The number of aryl methyl sites for hydroxylation is 1. The first-order valence-corrected chi connectivity index (χ1v) is 8.60. The van der Waals surface area contributed by atoms with Crippen LogP contribution in [0.4, 0.5) is 0 Å². The fraction of sp³-hybridized carbons (Fsp3) is 0.800. The minimum Gasteiger partial charge on any atom is -0.313 e. The number of thioether (sulfide) groups is 1. The van der Waals surface area contributed by atoms with Gasteiger partial charge in [0.15, 0.2) is 0 Å². The Hall–Kier alpha value is -0.480. The molecule has 0 aliphatic rings. The maximum atomic E-state index is 4.36. The van der Waals surface area contributed by atoms with Crippen LogP contribution in [0.5, 0.6) is 0 Å². The zero-order valence-corrected chi connectivity index (χ0v) is 13.7. The molecule has 1 aromatic rings. The van der Waals surface area contributed by atoms with E-state index in [0.29, 0.717) is 6.04 Å². The molecule has 0 aliphatic heterocycles. The van der Waals surface area contributed by atoms with Gasteiger partial charge < -0.3 is 5.32 Å². The summed E-state index contributed by atoms with van der Waals surface area (Å²) in [7, 11) is 0. The molecule has 0 saturated carbocycles. The molecule has 1 heterocycles. The molecule has 0 fully saturated rings. The molecule has 1 N–H and O–H groups in total. The molecule has 0 spiro atoms. The van der Waals surface area contributed by atoms with Gasteiger partial charge in [-0.2, -0.15) is 16.9 Å². The highest BCUT2D eigenvalue weighted by molar-refractivity contribution is 7.99. The second-order valence-corrected chi connectivity index (χ2v) is 6.58. The highest BCUT2D eigenvalue weighted by Crippen LogP contribution is 2.16. The summed E-state index contributed by atoms with van der Waals surface area (Å²) in [6.07, 6.45) is 7.72. The van der Waals surface area contributed by atoms with Gasteiger partial charge in [0, 0.05) is 29.8 Å². The number of hydrogen-bond acceptors (Lipinski definition) is 3. The van der Waals surface area contributed by atoms with E-state index in [0.717, 1.165) is 24.8 Å². The normalized spacial score (nSPS) is 14.5. The van der Waals surface area contributed by atoms with Crippen LogP contribution in [-0.2, 0) is 13.0 Å². The fourth-order valence-electron chi connectivity index (χ4n) is 1.91. The van der Waals surface area contributed by atoms with Crippen LogP contribution in [0.3, 0.4) is 0 Å². The van der Waals surface area contributed by atoms with Crippen LogP contribution in [0.25, 0.3) is 0 Å². The van der Waals surface area contributed by atoms with Crippen molar-refractivity contribution in [2.75, 3.05) is 12.3 Å². The van der Waals surface area contributed by atoms with Gasteiger partial charge in [0.05, 0.1) is 6.20 Å². The largest absolute Gasteiger partial charge is 0.313 e. The van der Waals surface area contributed by atoms with E-state index in [1.807, 2.05) is 10.9 Å². The van der Waals surface area contributed by atoms with Gasteiger partial charge in [0.25, 0.3) is 0 Å². The first-order chi connectivity index (χ1) is 9.19. The van der Waals surface area contributed by atoms with Crippen molar-refractivity contribution in [3.8, 4) is 0 Å². The third-order valence-electron chi connectivity index (χ3n) is 3.33. The molecule has 3 nitrogen and oxygen atoms in total. The van der Waals surface area contributed by atoms with Crippen molar-refractivity contribution in [1.82, 2.24) is 15.1 Å². The first kappa shape index (κ1) is 16.6. The Morgan fingerprint density at radius 3 is 2.74 bits per heavy atom.